The molecule has 1 aliphatic rings. The molecule has 0 atom stereocenters. The van der Waals surface area contributed by atoms with E-state index in [4.69, 9.17) is 9.90 Å². The Hall–Kier alpha value is -3.05. The van der Waals surface area contributed by atoms with Gasteiger partial charge in [0.1, 0.15) is 5.82 Å². The molecule has 3 amide bonds. The fraction of sp³-hybridized carbons (Fsp3) is 0.579. The number of pyridine rings is 1. The number of nitrogens with zero attached hydrogens (tertiary/aromatic N) is 3. The number of anilines is 1. The Balaban J connectivity index is 0.000000592. The molecule has 1 aliphatic heterocycles. The molecule has 1 aromatic rings. The number of halogens is 3. The predicted octanol–water partition coefficient (Wildman–Crippen LogP) is 1.95. The molecule has 1 aromatic heterocycles. The van der Waals surface area contributed by atoms with Crippen LogP contribution in [0.3, 0.4) is 0 Å². The van der Waals surface area contributed by atoms with E-state index >= 15 is 0 Å². The topological polar surface area (TPSA) is 115 Å². The standard InChI is InChI=1S/C17H27N5O2.C2HF3O2/c1-13-5-4-8-18-15(13)19-9-10-20-16(23)14-6-11-22(12-7-14)17(24)21(2)3;3-2(4,5)1(6)7/h4-5,8,14H,6-7,9-12H2,1-3H3,(H,18,19)(H,20,23);(H,6,7). The van der Waals surface area contributed by atoms with Crippen molar-refractivity contribution in [3.8, 4) is 0 Å². The van der Waals surface area contributed by atoms with Gasteiger partial charge in [-0.1, -0.05) is 6.07 Å². The number of aryl methyl sites for hydroxylation is 1. The van der Waals surface area contributed by atoms with Crippen LogP contribution in [-0.2, 0) is 9.59 Å². The van der Waals surface area contributed by atoms with E-state index in [2.05, 4.69) is 15.6 Å². The van der Waals surface area contributed by atoms with Crippen molar-refractivity contribution in [2.45, 2.75) is 25.9 Å². The Kier molecular flexibility index (Phi) is 10.0. The summed E-state index contributed by atoms with van der Waals surface area (Å²) in [5, 5.41) is 13.3. The Morgan fingerprint density at radius 3 is 2.29 bits per heavy atom. The summed E-state index contributed by atoms with van der Waals surface area (Å²) >= 11 is 0. The molecule has 0 unspecified atom stereocenters. The monoisotopic (exact) mass is 447 g/mol. The van der Waals surface area contributed by atoms with E-state index in [-0.39, 0.29) is 17.9 Å². The summed E-state index contributed by atoms with van der Waals surface area (Å²) in [5.41, 5.74) is 1.08. The maximum absolute atomic E-state index is 12.2. The molecule has 12 heteroatoms. The summed E-state index contributed by atoms with van der Waals surface area (Å²) in [5.74, 6) is -1.84. The maximum atomic E-state index is 12.2. The molecule has 0 bridgehead atoms. The Morgan fingerprint density at radius 1 is 1.23 bits per heavy atom. The van der Waals surface area contributed by atoms with Crippen molar-refractivity contribution in [1.29, 1.82) is 0 Å². The minimum atomic E-state index is -5.08. The summed E-state index contributed by atoms with van der Waals surface area (Å²) in [6, 6.07) is 3.91. The number of urea groups is 1. The Morgan fingerprint density at radius 2 is 1.81 bits per heavy atom. The lowest BCUT2D eigenvalue weighted by molar-refractivity contribution is -0.192. The number of carbonyl (C=O) groups excluding carboxylic acids is 2. The van der Waals surface area contributed by atoms with Gasteiger partial charge in [-0.15, -0.1) is 0 Å². The van der Waals surface area contributed by atoms with Crippen molar-refractivity contribution in [2.24, 2.45) is 5.92 Å². The normalized spacial score (nSPS) is 14.2. The number of aromatic nitrogens is 1. The number of carboxylic acid groups (broad SMARTS) is 1. The van der Waals surface area contributed by atoms with Gasteiger partial charge in [-0.3, -0.25) is 4.79 Å². The summed E-state index contributed by atoms with van der Waals surface area (Å²) in [7, 11) is 3.49. The lowest BCUT2D eigenvalue weighted by Crippen LogP contribution is -2.46. The van der Waals surface area contributed by atoms with E-state index in [1.807, 2.05) is 19.1 Å². The minimum absolute atomic E-state index is 0.00667. The third kappa shape index (κ3) is 9.09. The van der Waals surface area contributed by atoms with E-state index in [0.29, 0.717) is 26.2 Å². The first-order chi connectivity index (χ1) is 14.4. The fourth-order valence-electron chi connectivity index (χ4n) is 2.80. The number of carbonyl (C=O) groups is 3. The summed E-state index contributed by atoms with van der Waals surface area (Å²) < 4.78 is 31.7. The van der Waals surface area contributed by atoms with Crippen LogP contribution in [0.15, 0.2) is 18.3 Å². The van der Waals surface area contributed by atoms with Crippen LogP contribution in [0, 0.1) is 12.8 Å². The lowest BCUT2D eigenvalue weighted by Gasteiger charge is -2.33. The number of rotatable bonds is 5. The molecule has 2 rings (SSSR count). The molecule has 31 heavy (non-hydrogen) atoms. The van der Waals surface area contributed by atoms with Gasteiger partial charge < -0.3 is 25.5 Å². The van der Waals surface area contributed by atoms with Crippen molar-refractivity contribution in [3.63, 3.8) is 0 Å². The average Bonchev–Trinajstić information content (AvgIpc) is 2.71. The number of alkyl halides is 3. The molecule has 3 N–H and O–H groups in total. The van der Waals surface area contributed by atoms with Crippen LogP contribution in [0.4, 0.5) is 23.8 Å². The molecule has 174 valence electrons. The highest BCUT2D eigenvalue weighted by Crippen LogP contribution is 2.18. The number of amides is 3. The highest BCUT2D eigenvalue weighted by atomic mass is 19.4. The quantitative estimate of drug-likeness (QED) is 0.595. The number of likely N-dealkylation sites (tertiary alicyclic amines) is 1. The van der Waals surface area contributed by atoms with Crippen LogP contribution in [-0.4, -0.2) is 84.2 Å². The van der Waals surface area contributed by atoms with Crippen LogP contribution < -0.4 is 10.6 Å². The second-order valence-electron chi connectivity index (χ2n) is 7.13. The van der Waals surface area contributed by atoms with Gasteiger partial charge in [0, 0.05) is 52.4 Å². The van der Waals surface area contributed by atoms with Gasteiger partial charge in [0.05, 0.1) is 0 Å². The largest absolute Gasteiger partial charge is 0.490 e. The molecule has 0 aromatic carbocycles. The number of carboxylic acids is 1. The molecule has 9 nitrogen and oxygen atoms in total. The molecule has 1 fully saturated rings. The first-order valence-corrected chi connectivity index (χ1v) is 9.63. The molecule has 2 heterocycles. The third-order valence-electron chi connectivity index (χ3n) is 4.49. The number of hydrogen-bond donors (Lipinski definition) is 3. The van der Waals surface area contributed by atoms with Crippen LogP contribution >= 0.6 is 0 Å². The second-order valence-corrected chi connectivity index (χ2v) is 7.13. The van der Waals surface area contributed by atoms with Crippen molar-refractivity contribution in [1.82, 2.24) is 20.1 Å². The molecule has 0 radical (unpaired) electrons. The molecule has 0 spiro atoms. The Labute approximate surface area is 178 Å². The van der Waals surface area contributed by atoms with E-state index in [1.54, 1.807) is 30.1 Å². The minimum Gasteiger partial charge on any atom is -0.475 e. The van der Waals surface area contributed by atoms with Gasteiger partial charge in [0.15, 0.2) is 0 Å². The van der Waals surface area contributed by atoms with Gasteiger partial charge in [-0.05, 0) is 31.4 Å². The van der Waals surface area contributed by atoms with Gasteiger partial charge in [0.25, 0.3) is 0 Å². The zero-order valence-electron chi connectivity index (χ0n) is 17.7. The van der Waals surface area contributed by atoms with Gasteiger partial charge >= 0.3 is 18.2 Å². The lowest BCUT2D eigenvalue weighted by atomic mass is 9.96. The first kappa shape index (κ1) is 26.0. The van der Waals surface area contributed by atoms with Crippen LogP contribution in [0.25, 0.3) is 0 Å². The number of nitrogens with one attached hydrogen (secondary N) is 2. The third-order valence-corrected chi connectivity index (χ3v) is 4.49. The van der Waals surface area contributed by atoms with Crippen molar-refractivity contribution in [2.75, 3.05) is 45.6 Å². The maximum Gasteiger partial charge on any atom is 0.490 e. The van der Waals surface area contributed by atoms with Crippen molar-refractivity contribution < 1.29 is 32.7 Å². The SMILES string of the molecule is Cc1cccnc1NCCNC(=O)C1CCN(C(=O)N(C)C)CC1.O=C(O)C(F)(F)F. The van der Waals surface area contributed by atoms with Crippen LogP contribution in [0.1, 0.15) is 18.4 Å². The molecular formula is C19H28F3N5O4. The predicted molar refractivity (Wildman–Crippen MR) is 108 cm³/mol. The van der Waals surface area contributed by atoms with Crippen LogP contribution in [0.2, 0.25) is 0 Å². The highest BCUT2D eigenvalue weighted by Gasteiger charge is 2.38. The van der Waals surface area contributed by atoms with E-state index < -0.39 is 12.1 Å². The molecule has 0 aliphatic carbocycles. The van der Waals surface area contributed by atoms with E-state index in [9.17, 15) is 22.8 Å². The fourth-order valence-corrected chi connectivity index (χ4v) is 2.80. The average molecular weight is 447 g/mol. The second kappa shape index (κ2) is 12.0. The number of piperidine rings is 1. The van der Waals surface area contributed by atoms with Crippen molar-refractivity contribution in [3.05, 3.63) is 23.9 Å². The number of hydrogen-bond acceptors (Lipinski definition) is 5. The highest BCUT2D eigenvalue weighted by molar-refractivity contribution is 5.79. The zero-order valence-corrected chi connectivity index (χ0v) is 17.7. The van der Waals surface area contributed by atoms with E-state index in [0.717, 1.165) is 24.2 Å². The number of aliphatic carboxylic acids is 1. The summed E-state index contributed by atoms with van der Waals surface area (Å²) in [4.78, 5) is 40.6. The van der Waals surface area contributed by atoms with Crippen LogP contribution in [0.5, 0.6) is 0 Å². The summed E-state index contributed by atoms with van der Waals surface area (Å²) in [6.45, 7) is 4.48. The van der Waals surface area contributed by atoms with Crippen molar-refractivity contribution >= 4 is 23.7 Å². The molecular weight excluding hydrogens is 419 g/mol. The molecule has 0 saturated carbocycles. The Bertz CT molecular complexity index is 750. The van der Waals surface area contributed by atoms with Gasteiger partial charge in [0.2, 0.25) is 5.91 Å². The van der Waals surface area contributed by atoms with Gasteiger partial charge in [-0.2, -0.15) is 13.2 Å². The molecule has 1 saturated heterocycles. The summed E-state index contributed by atoms with van der Waals surface area (Å²) in [6.07, 6.45) is -1.90. The van der Waals surface area contributed by atoms with E-state index in [1.165, 1.54) is 0 Å². The zero-order chi connectivity index (χ0) is 23.6. The van der Waals surface area contributed by atoms with Gasteiger partial charge in [-0.25, -0.2) is 14.6 Å². The smallest absolute Gasteiger partial charge is 0.475 e. The first-order valence-electron chi connectivity index (χ1n) is 9.63.